The Hall–Kier alpha value is -2.57. The van der Waals surface area contributed by atoms with Crippen LogP contribution in [0.25, 0.3) is 21.7 Å². The second kappa shape index (κ2) is 6.14. The molecule has 0 radical (unpaired) electrons. The highest BCUT2D eigenvalue weighted by Crippen LogP contribution is 2.28. The van der Waals surface area contributed by atoms with E-state index >= 15 is 0 Å². The fourth-order valence-corrected chi connectivity index (χ4v) is 2.89. The summed E-state index contributed by atoms with van der Waals surface area (Å²) in [5.41, 5.74) is -0.00334. The number of hydrogen-bond acceptors (Lipinski definition) is 6. The normalized spacial score (nSPS) is 15.8. The summed E-state index contributed by atoms with van der Waals surface area (Å²) in [6.45, 7) is 3.59. The third-order valence-corrected chi connectivity index (χ3v) is 4.19. The number of rotatable bonds is 3. The molecule has 2 aromatic carbocycles. The van der Waals surface area contributed by atoms with E-state index in [9.17, 15) is 9.90 Å². The number of phenolic OH excluding ortho intramolecular Hbond substituents is 1. The van der Waals surface area contributed by atoms with Gasteiger partial charge in [0.05, 0.1) is 18.6 Å². The van der Waals surface area contributed by atoms with Gasteiger partial charge in [0.1, 0.15) is 23.8 Å². The molecule has 1 N–H and O–H groups in total. The van der Waals surface area contributed by atoms with Crippen molar-refractivity contribution in [2.75, 3.05) is 33.0 Å². The minimum Gasteiger partial charge on any atom is -0.508 e. The Bertz CT molecular complexity index is 943. The highest BCUT2D eigenvalue weighted by Gasteiger charge is 2.12. The SMILES string of the molecule is O=c1oc2cc(OCN3CCOCC3)ccc2c2ccc(O)cc12. The van der Waals surface area contributed by atoms with E-state index < -0.39 is 5.63 Å². The number of aromatic hydroxyl groups is 1. The van der Waals surface area contributed by atoms with Gasteiger partial charge < -0.3 is 19.0 Å². The minimum atomic E-state index is -0.473. The van der Waals surface area contributed by atoms with Crippen LogP contribution in [0, 0.1) is 0 Å². The third kappa shape index (κ3) is 2.81. The van der Waals surface area contributed by atoms with Crippen LogP contribution < -0.4 is 10.4 Å². The van der Waals surface area contributed by atoms with Gasteiger partial charge in [0.15, 0.2) is 0 Å². The molecule has 1 aliphatic heterocycles. The van der Waals surface area contributed by atoms with Crippen molar-refractivity contribution in [3.05, 3.63) is 46.8 Å². The maximum absolute atomic E-state index is 12.1. The van der Waals surface area contributed by atoms with Crippen LogP contribution in [-0.4, -0.2) is 43.0 Å². The Morgan fingerprint density at radius 2 is 1.83 bits per heavy atom. The zero-order chi connectivity index (χ0) is 16.5. The van der Waals surface area contributed by atoms with Gasteiger partial charge >= 0.3 is 5.63 Å². The molecule has 4 rings (SSSR count). The van der Waals surface area contributed by atoms with Crippen molar-refractivity contribution in [1.29, 1.82) is 0 Å². The second-order valence-corrected chi connectivity index (χ2v) is 5.78. The molecule has 0 saturated carbocycles. The summed E-state index contributed by atoms with van der Waals surface area (Å²) in [7, 11) is 0. The molecule has 0 amide bonds. The Labute approximate surface area is 137 Å². The van der Waals surface area contributed by atoms with Crippen molar-refractivity contribution in [2.45, 2.75) is 0 Å². The van der Waals surface area contributed by atoms with Gasteiger partial charge in [0.25, 0.3) is 0 Å². The van der Waals surface area contributed by atoms with E-state index in [0.29, 0.717) is 23.4 Å². The largest absolute Gasteiger partial charge is 0.508 e. The van der Waals surface area contributed by atoms with Crippen molar-refractivity contribution < 1.29 is 19.0 Å². The Morgan fingerprint density at radius 1 is 1.04 bits per heavy atom. The van der Waals surface area contributed by atoms with Crippen LogP contribution >= 0.6 is 0 Å². The minimum absolute atomic E-state index is 0.0413. The average molecular weight is 327 g/mol. The molecule has 0 spiro atoms. The van der Waals surface area contributed by atoms with Gasteiger partial charge in [-0.05, 0) is 30.3 Å². The number of morpholine rings is 1. The fraction of sp³-hybridized carbons (Fsp3) is 0.278. The molecule has 1 fully saturated rings. The lowest BCUT2D eigenvalue weighted by Gasteiger charge is -2.26. The summed E-state index contributed by atoms with van der Waals surface area (Å²) >= 11 is 0. The number of phenols is 1. The molecule has 24 heavy (non-hydrogen) atoms. The predicted molar refractivity (Wildman–Crippen MR) is 89.5 cm³/mol. The molecule has 1 aliphatic rings. The van der Waals surface area contributed by atoms with Crippen molar-refractivity contribution in [2.24, 2.45) is 0 Å². The summed E-state index contributed by atoms with van der Waals surface area (Å²) in [4.78, 5) is 14.3. The number of hydrogen-bond donors (Lipinski definition) is 1. The maximum Gasteiger partial charge on any atom is 0.344 e. The fourth-order valence-electron chi connectivity index (χ4n) is 2.89. The zero-order valence-electron chi connectivity index (χ0n) is 13.0. The van der Waals surface area contributed by atoms with Gasteiger partial charge in [-0.2, -0.15) is 0 Å². The molecule has 1 aromatic heterocycles. The van der Waals surface area contributed by atoms with Crippen LogP contribution in [0.2, 0.25) is 0 Å². The van der Waals surface area contributed by atoms with Crippen LogP contribution in [0.3, 0.4) is 0 Å². The number of benzene rings is 2. The van der Waals surface area contributed by atoms with Crippen LogP contribution in [0.5, 0.6) is 11.5 Å². The van der Waals surface area contributed by atoms with E-state index in [1.54, 1.807) is 18.2 Å². The van der Waals surface area contributed by atoms with Crippen LogP contribution in [0.15, 0.2) is 45.6 Å². The van der Waals surface area contributed by atoms with Gasteiger partial charge in [-0.1, -0.05) is 0 Å². The molecule has 0 atom stereocenters. The van der Waals surface area contributed by atoms with E-state index in [1.807, 2.05) is 12.1 Å². The second-order valence-electron chi connectivity index (χ2n) is 5.78. The Kier molecular flexibility index (Phi) is 3.84. The molecular weight excluding hydrogens is 310 g/mol. The molecule has 1 saturated heterocycles. The molecule has 0 aliphatic carbocycles. The lowest BCUT2D eigenvalue weighted by Crippen LogP contribution is -2.38. The monoisotopic (exact) mass is 327 g/mol. The summed E-state index contributed by atoms with van der Waals surface area (Å²) < 4.78 is 16.5. The first kappa shape index (κ1) is 15.0. The quantitative estimate of drug-likeness (QED) is 0.588. The van der Waals surface area contributed by atoms with Crippen molar-refractivity contribution in [3.63, 3.8) is 0 Å². The highest BCUT2D eigenvalue weighted by atomic mass is 16.5. The number of fused-ring (bicyclic) bond motifs is 3. The molecule has 6 nitrogen and oxygen atoms in total. The molecule has 0 bridgehead atoms. The summed E-state index contributed by atoms with van der Waals surface area (Å²) in [6, 6.07) is 10.1. The number of nitrogens with zero attached hydrogens (tertiary/aromatic N) is 1. The summed E-state index contributed by atoms with van der Waals surface area (Å²) in [5.74, 6) is 0.690. The van der Waals surface area contributed by atoms with Crippen molar-refractivity contribution >= 4 is 21.7 Å². The lowest BCUT2D eigenvalue weighted by atomic mass is 10.1. The van der Waals surface area contributed by atoms with Crippen LogP contribution in [0.4, 0.5) is 0 Å². The van der Waals surface area contributed by atoms with Gasteiger partial charge in [-0.15, -0.1) is 0 Å². The first-order valence-electron chi connectivity index (χ1n) is 7.83. The molecule has 6 heteroatoms. The van der Waals surface area contributed by atoms with Crippen molar-refractivity contribution in [3.8, 4) is 11.5 Å². The molecule has 0 unspecified atom stereocenters. The van der Waals surface area contributed by atoms with E-state index in [0.717, 1.165) is 37.1 Å². The van der Waals surface area contributed by atoms with Crippen molar-refractivity contribution in [1.82, 2.24) is 4.90 Å². The Balaban J connectivity index is 1.66. The third-order valence-electron chi connectivity index (χ3n) is 4.19. The van der Waals surface area contributed by atoms with Gasteiger partial charge in [-0.25, -0.2) is 4.79 Å². The van der Waals surface area contributed by atoms with Gasteiger partial charge in [-0.3, -0.25) is 4.90 Å². The van der Waals surface area contributed by atoms with Crippen LogP contribution in [-0.2, 0) is 4.74 Å². The van der Waals surface area contributed by atoms with E-state index in [4.69, 9.17) is 13.9 Å². The van der Waals surface area contributed by atoms with Gasteiger partial charge in [0.2, 0.25) is 0 Å². The molecule has 124 valence electrons. The first-order chi connectivity index (χ1) is 11.7. The average Bonchev–Trinajstić information content (AvgIpc) is 2.61. The standard InChI is InChI=1S/C18H17NO5/c20-12-1-3-14-15-4-2-13(23-11-19-5-7-22-8-6-19)10-17(15)24-18(21)16(14)9-12/h1-4,9-10,20H,5-8,11H2. The Morgan fingerprint density at radius 3 is 2.67 bits per heavy atom. The lowest BCUT2D eigenvalue weighted by molar-refractivity contribution is 0.00409. The molecule has 3 aromatic rings. The maximum atomic E-state index is 12.1. The predicted octanol–water partition coefficient (Wildman–Crippen LogP) is 2.32. The summed E-state index contributed by atoms with van der Waals surface area (Å²) in [5, 5.41) is 11.5. The smallest absolute Gasteiger partial charge is 0.344 e. The summed E-state index contributed by atoms with van der Waals surface area (Å²) in [6.07, 6.45) is 0. The van der Waals surface area contributed by atoms with E-state index in [2.05, 4.69) is 4.90 Å². The topological polar surface area (TPSA) is 72.1 Å². The highest BCUT2D eigenvalue weighted by molar-refractivity contribution is 6.04. The zero-order valence-corrected chi connectivity index (χ0v) is 13.0. The van der Waals surface area contributed by atoms with E-state index in [-0.39, 0.29) is 5.75 Å². The molecule has 2 heterocycles. The van der Waals surface area contributed by atoms with Gasteiger partial charge in [0, 0.05) is 29.9 Å². The van der Waals surface area contributed by atoms with Crippen LogP contribution in [0.1, 0.15) is 0 Å². The first-order valence-corrected chi connectivity index (χ1v) is 7.83. The van der Waals surface area contributed by atoms with E-state index in [1.165, 1.54) is 6.07 Å². The number of ether oxygens (including phenoxy) is 2. The molecular formula is C18H17NO5.